The van der Waals surface area contributed by atoms with Crippen molar-refractivity contribution in [3.05, 3.63) is 47.7 Å². The molecule has 8 nitrogen and oxygen atoms in total. The molecule has 0 atom stereocenters. The fourth-order valence-corrected chi connectivity index (χ4v) is 3.42. The molecule has 0 fully saturated rings. The fraction of sp³-hybridized carbons (Fsp3) is 0.304. The number of hydrogen-bond acceptors (Lipinski definition) is 7. The molecule has 3 rings (SSSR count). The smallest absolute Gasteiger partial charge is 0.278 e. The lowest BCUT2D eigenvalue weighted by atomic mass is 10.0. The van der Waals surface area contributed by atoms with E-state index in [1.807, 2.05) is 6.92 Å². The highest BCUT2D eigenvalue weighted by atomic mass is 16.5. The van der Waals surface area contributed by atoms with E-state index >= 15 is 0 Å². The van der Waals surface area contributed by atoms with Gasteiger partial charge in [0.25, 0.3) is 11.8 Å². The summed E-state index contributed by atoms with van der Waals surface area (Å²) < 4.78 is 21.4. The number of carbonyl (C=O) groups is 2. The normalized spacial score (nSPS) is 13.5. The van der Waals surface area contributed by atoms with Gasteiger partial charge in [0, 0.05) is 12.6 Å². The Kier molecular flexibility index (Phi) is 6.69. The summed E-state index contributed by atoms with van der Waals surface area (Å²) in [6.07, 6.45) is 0.645. The van der Waals surface area contributed by atoms with Gasteiger partial charge in [0.1, 0.15) is 17.2 Å². The van der Waals surface area contributed by atoms with Gasteiger partial charge >= 0.3 is 0 Å². The van der Waals surface area contributed by atoms with Gasteiger partial charge in [-0.2, -0.15) is 0 Å². The third-order valence-corrected chi connectivity index (χ3v) is 4.95. The van der Waals surface area contributed by atoms with Crippen molar-refractivity contribution in [1.29, 1.82) is 0 Å². The van der Waals surface area contributed by atoms with Gasteiger partial charge in [0.2, 0.25) is 0 Å². The van der Waals surface area contributed by atoms with E-state index in [1.165, 1.54) is 26.2 Å². The monoisotopic (exact) mass is 426 g/mol. The zero-order valence-corrected chi connectivity index (χ0v) is 18.3. The molecule has 0 saturated carbocycles. The fourth-order valence-electron chi connectivity index (χ4n) is 3.42. The van der Waals surface area contributed by atoms with E-state index in [4.69, 9.17) is 18.9 Å². The van der Waals surface area contributed by atoms with E-state index in [1.54, 1.807) is 43.5 Å². The van der Waals surface area contributed by atoms with Crippen LogP contribution in [0.4, 0.5) is 5.69 Å². The zero-order valence-electron chi connectivity index (χ0n) is 18.3. The first-order chi connectivity index (χ1) is 15.0. The average molecular weight is 426 g/mol. The summed E-state index contributed by atoms with van der Waals surface area (Å²) in [5.41, 5.74) is 1.47. The largest absolute Gasteiger partial charge is 0.497 e. The highest BCUT2D eigenvalue weighted by molar-refractivity contribution is 6.36. The third-order valence-electron chi connectivity index (χ3n) is 4.95. The van der Waals surface area contributed by atoms with Crippen LogP contribution < -0.4 is 24.3 Å². The minimum absolute atomic E-state index is 0.164. The second-order valence-corrected chi connectivity index (χ2v) is 6.77. The Labute approximate surface area is 181 Å². The quantitative estimate of drug-likeness (QED) is 0.616. The predicted molar refractivity (Wildman–Crippen MR) is 117 cm³/mol. The van der Waals surface area contributed by atoms with Crippen LogP contribution in [0.2, 0.25) is 0 Å². The van der Waals surface area contributed by atoms with Crippen molar-refractivity contribution in [3.63, 3.8) is 0 Å². The summed E-state index contributed by atoms with van der Waals surface area (Å²) in [5.74, 6) is 1.30. The Hall–Kier alpha value is -3.68. The van der Waals surface area contributed by atoms with Gasteiger partial charge in [-0.15, -0.1) is 0 Å². The molecule has 1 heterocycles. The number of benzene rings is 2. The number of rotatable bonds is 9. The number of ether oxygens (including phenoxy) is 4. The molecule has 2 aromatic rings. The Morgan fingerprint density at radius 3 is 2.10 bits per heavy atom. The van der Waals surface area contributed by atoms with Crippen LogP contribution in [-0.2, 0) is 9.59 Å². The number of imide groups is 1. The van der Waals surface area contributed by atoms with Crippen LogP contribution >= 0.6 is 0 Å². The molecule has 31 heavy (non-hydrogen) atoms. The Balaban J connectivity index is 2.15. The average Bonchev–Trinajstić information content (AvgIpc) is 3.02. The predicted octanol–water partition coefficient (Wildman–Crippen LogP) is 3.32. The van der Waals surface area contributed by atoms with Crippen molar-refractivity contribution >= 4 is 23.1 Å². The highest BCUT2D eigenvalue weighted by Crippen LogP contribution is 2.37. The van der Waals surface area contributed by atoms with E-state index in [0.29, 0.717) is 47.2 Å². The van der Waals surface area contributed by atoms with Gasteiger partial charge in [-0.1, -0.05) is 13.0 Å². The molecule has 0 unspecified atom stereocenters. The molecule has 0 bridgehead atoms. The first-order valence-electron chi connectivity index (χ1n) is 9.80. The molecule has 8 heteroatoms. The lowest BCUT2D eigenvalue weighted by Crippen LogP contribution is -2.33. The first kappa shape index (κ1) is 22.0. The number of nitrogens with one attached hydrogen (secondary N) is 1. The van der Waals surface area contributed by atoms with Crippen molar-refractivity contribution < 1.29 is 28.5 Å². The minimum Gasteiger partial charge on any atom is -0.497 e. The van der Waals surface area contributed by atoms with Crippen molar-refractivity contribution in [1.82, 2.24) is 4.90 Å². The van der Waals surface area contributed by atoms with E-state index in [9.17, 15) is 9.59 Å². The highest BCUT2D eigenvalue weighted by Gasteiger charge is 2.39. The topological polar surface area (TPSA) is 86.3 Å². The number of hydrogen-bond donors (Lipinski definition) is 1. The van der Waals surface area contributed by atoms with Crippen LogP contribution in [0.1, 0.15) is 18.9 Å². The number of anilines is 1. The molecule has 0 aliphatic carbocycles. The Morgan fingerprint density at radius 1 is 0.806 bits per heavy atom. The third kappa shape index (κ3) is 4.14. The summed E-state index contributed by atoms with van der Waals surface area (Å²) in [6.45, 7) is 2.22. The molecule has 2 amide bonds. The van der Waals surface area contributed by atoms with Gasteiger partial charge in [0.05, 0.1) is 39.7 Å². The van der Waals surface area contributed by atoms with Crippen LogP contribution in [-0.4, -0.2) is 51.7 Å². The molecule has 1 aliphatic heterocycles. The molecule has 1 aliphatic rings. The van der Waals surface area contributed by atoms with Crippen LogP contribution in [0, 0.1) is 0 Å². The molecule has 2 aromatic carbocycles. The SMILES string of the molecule is CCCN1C(=O)C(Nc2cc(OC)ccc2OC)=C(c2ccc(OC)c(OC)c2)C1=O. The number of amides is 2. The lowest BCUT2D eigenvalue weighted by molar-refractivity contribution is -0.136. The Bertz CT molecular complexity index is 1030. The Morgan fingerprint density at radius 2 is 1.48 bits per heavy atom. The second kappa shape index (κ2) is 9.42. The van der Waals surface area contributed by atoms with Gasteiger partial charge in [-0.05, 0) is 36.2 Å². The number of nitrogens with zero attached hydrogens (tertiary/aromatic N) is 1. The van der Waals surface area contributed by atoms with E-state index in [2.05, 4.69) is 5.32 Å². The van der Waals surface area contributed by atoms with Crippen LogP contribution in [0.3, 0.4) is 0 Å². The van der Waals surface area contributed by atoms with Crippen molar-refractivity contribution in [2.75, 3.05) is 40.3 Å². The maximum atomic E-state index is 13.2. The molecule has 1 N–H and O–H groups in total. The molecule has 0 saturated heterocycles. The van der Waals surface area contributed by atoms with Crippen LogP contribution in [0.15, 0.2) is 42.1 Å². The minimum atomic E-state index is -0.401. The van der Waals surface area contributed by atoms with Gasteiger partial charge in [-0.3, -0.25) is 14.5 Å². The summed E-state index contributed by atoms with van der Waals surface area (Å²) in [4.78, 5) is 27.6. The van der Waals surface area contributed by atoms with E-state index in [0.717, 1.165) is 0 Å². The van der Waals surface area contributed by atoms with Crippen LogP contribution in [0.5, 0.6) is 23.0 Å². The molecular formula is C23H26N2O6. The number of methoxy groups -OCH3 is 4. The number of carbonyl (C=O) groups excluding carboxylic acids is 2. The zero-order chi connectivity index (χ0) is 22.5. The molecule has 164 valence electrons. The lowest BCUT2D eigenvalue weighted by Gasteiger charge is -2.15. The summed E-state index contributed by atoms with van der Waals surface area (Å²) >= 11 is 0. The molecular weight excluding hydrogens is 400 g/mol. The van der Waals surface area contributed by atoms with Gasteiger partial charge < -0.3 is 24.3 Å². The van der Waals surface area contributed by atoms with Crippen molar-refractivity contribution in [2.24, 2.45) is 0 Å². The van der Waals surface area contributed by atoms with Crippen molar-refractivity contribution in [3.8, 4) is 23.0 Å². The summed E-state index contributed by atoms with van der Waals surface area (Å²) in [5, 5.41) is 3.11. The van der Waals surface area contributed by atoms with E-state index in [-0.39, 0.29) is 17.2 Å². The standard InChI is InChI=1S/C23H26N2O6/c1-6-11-25-22(26)20(14-7-9-18(30-4)19(12-14)31-5)21(23(25)27)24-16-13-15(28-2)8-10-17(16)29-3/h7-10,12-13,24H,6,11H2,1-5H3. The summed E-state index contributed by atoms with van der Waals surface area (Å²) in [7, 11) is 6.13. The van der Waals surface area contributed by atoms with Crippen molar-refractivity contribution in [2.45, 2.75) is 13.3 Å². The van der Waals surface area contributed by atoms with Gasteiger partial charge in [0.15, 0.2) is 11.5 Å². The maximum Gasteiger partial charge on any atom is 0.278 e. The maximum absolute atomic E-state index is 13.2. The molecule has 0 radical (unpaired) electrons. The molecule has 0 aromatic heterocycles. The second-order valence-electron chi connectivity index (χ2n) is 6.77. The van der Waals surface area contributed by atoms with Gasteiger partial charge in [-0.25, -0.2) is 0 Å². The summed E-state index contributed by atoms with van der Waals surface area (Å²) in [6, 6.07) is 10.3. The molecule has 0 spiro atoms. The van der Waals surface area contributed by atoms with E-state index < -0.39 is 5.91 Å². The first-order valence-corrected chi connectivity index (χ1v) is 9.80. The van der Waals surface area contributed by atoms with Crippen LogP contribution in [0.25, 0.3) is 5.57 Å².